The highest BCUT2D eigenvalue weighted by atomic mass is 32.2. The van der Waals surface area contributed by atoms with Crippen LogP contribution in [0.25, 0.3) is 0 Å². The molecule has 1 rings (SSSR count). The third-order valence-electron chi connectivity index (χ3n) is 2.68. The van der Waals surface area contributed by atoms with Gasteiger partial charge in [-0.05, 0) is 31.5 Å². The van der Waals surface area contributed by atoms with E-state index < -0.39 is 26.8 Å². The van der Waals surface area contributed by atoms with Crippen LogP contribution in [-0.4, -0.2) is 26.1 Å². The van der Waals surface area contributed by atoms with Crippen LogP contribution >= 0.6 is 0 Å². The number of sulfone groups is 1. The second kappa shape index (κ2) is 6.01. The number of anilines is 1. The molecule has 0 aromatic heterocycles. The molecule has 3 N–H and O–H groups in total. The minimum atomic E-state index is -3.92. The fourth-order valence-electron chi connectivity index (χ4n) is 1.42. The summed E-state index contributed by atoms with van der Waals surface area (Å²) in [4.78, 5) is 11.4. The number of hydrogen-bond acceptors (Lipinski definition) is 4. The van der Waals surface area contributed by atoms with E-state index in [0.29, 0.717) is 13.0 Å². The molecule has 106 valence electrons. The van der Waals surface area contributed by atoms with Crippen molar-refractivity contribution in [3.8, 4) is 0 Å². The molecule has 1 amide bonds. The van der Waals surface area contributed by atoms with Crippen LogP contribution in [0.3, 0.4) is 0 Å². The average Bonchev–Trinajstić information content (AvgIpc) is 2.37. The van der Waals surface area contributed by atoms with E-state index >= 15 is 0 Å². The number of amides is 1. The van der Waals surface area contributed by atoms with Crippen LogP contribution < -0.4 is 11.1 Å². The number of nitrogen functional groups attached to an aromatic ring is 1. The molecule has 1 unspecified atom stereocenters. The standard InChI is InChI=1S/C12H17FN2O3S/c1-3-6-15-12(16)8(2)19(17,18)9-4-5-11(14)10(13)7-9/h4-5,7-8H,3,6,14H2,1-2H3,(H,15,16). The lowest BCUT2D eigenvalue weighted by atomic mass is 10.3. The van der Waals surface area contributed by atoms with E-state index in [1.807, 2.05) is 6.92 Å². The minimum Gasteiger partial charge on any atom is -0.396 e. The fourth-order valence-corrected chi connectivity index (χ4v) is 2.72. The van der Waals surface area contributed by atoms with E-state index in [-0.39, 0.29) is 10.6 Å². The molecule has 0 saturated carbocycles. The molecular formula is C12H17FN2O3S. The molecule has 0 heterocycles. The average molecular weight is 288 g/mol. The first-order valence-corrected chi connectivity index (χ1v) is 7.42. The van der Waals surface area contributed by atoms with E-state index in [1.165, 1.54) is 19.1 Å². The van der Waals surface area contributed by atoms with Gasteiger partial charge in [-0.2, -0.15) is 0 Å². The quantitative estimate of drug-likeness (QED) is 0.794. The molecular weight excluding hydrogens is 271 g/mol. The Morgan fingerprint density at radius 1 is 1.47 bits per heavy atom. The number of nitrogens with one attached hydrogen (secondary N) is 1. The summed E-state index contributed by atoms with van der Waals surface area (Å²) in [6.07, 6.45) is 0.703. The first-order valence-electron chi connectivity index (χ1n) is 5.87. The molecule has 0 saturated heterocycles. The number of carbonyl (C=O) groups is 1. The zero-order valence-electron chi connectivity index (χ0n) is 10.8. The molecule has 1 aromatic rings. The second-order valence-electron chi connectivity index (χ2n) is 4.16. The van der Waals surface area contributed by atoms with E-state index in [2.05, 4.69) is 5.32 Å². The Bertz CT molecular complexity index is 572. The molecule has 0 aliphatic rings. The minimum absolute atomic E-state index is 0.137. The molecule has 0 aliphatic carbocycles. The summed E-state index contributed by atoms with van der Waals surface area (Å²) in [5.41, 5.74) is 5.15. The lowest BCUT2D eigenvalue weighted by Crippen LogP contribution is -2.38. The molecule has 1 atom stereocenters. The number of carbonyl (C=O) groups excluding carboxylic acids is 1. The summed E-state index contributed by atoms with van der Waals surface area (Å²) >= 11 is 0. The van der Waals surface area contributed by atoms with Gasteiger partial charge in [-0.3, -0.25) is 4.79 Å². The van der Waals surface area contributed by atoms with Gasteiger partial charge in [-0.1, -0.05) is 6.92 Å². The van der Waals surface area contributed by atoms with Gasteiger partial charge in [0.1, 0.15) is 11.1 Å². The lowest BCUT2D eigenvalue weighted by molar-refractivity contribution is -0.120. The SMILES string of the molecule is CCCNC(=O)C(C)S(=O)(=O)c1ccc(N)c(F)c1. The topological polar surface area (TPSA) is 89.3 Å². The van der Waals surface area contributed by atoms with Crippen molar-refractivity contribution in [1.29, 1.82) is 0 Å². The fraction of sp³-hybridized carbons (Fsp3) is 0.417. The van der Waals surface area contributed by atoms with Crippen LogP contribution in [0.2, 0.25) is 0 Å². The molecule has 19 heavy (non-hydrogen) atoms. The van der Waals surface area contributed by atoms with Crippen LogP contribution in [0.1, 0.15) is 20.3 Å². The summed E-state index contributed by atoms with van der Waals surface area (Å²) in [5, 5.41) is 1.22. The van der Waals surface area contributed by atoms with Gasteiger partial charge < -0.3 is 11.1 Å². The third-order valence-corrected chi connectivity index (χ3v) is 4.74. The van der Waals surface area contributed by atoms with Gasteiger partial charge in [0.15, 0.2) is 9.84 Å². The summed E-state index contributed by atoms with van der Waals surface area (Å²) in [6, 6.07) is 3.19. The van der Waals surface area contributed by atoms with Crippen LogP contribution in [0.5, 0.6) is 0 Å². The van der Waals surface area contributed by atoms with Crippen LogP contribution in [0.15, 0.2) is 23.1 Å². The number of hydrogen-bond donors (Lipinski definition) is 2. The first-order chi connectivity index (χ1) is 8.80. The van der Waals surface area contributed by atoms with Gasteiger partial charge in [0.2, 0.25) is 5.91 Å². The Kier molecular flexibility index (Phi) is 4.88. The number of rotatable bonds is 5. The molecule has 0 spiro atoms. The van der Waals surface area contributed by atoms with Crippen molar-refractivity contribution in [2.45, 2.75) is 30.4 Å². The number of nitrogens with two attached hydrogens (primary N) is 1. The van der Waals surface area contributed by atoms with Crippen molar-refractivity contribution in [3.05, 3.63) is 24.0 Å². The lowest BCUT2D eigenvalue weighted by Gasteiger charge is -2.13. The highest BCUT2D eigenvalue weighted by Crippen LogP contribution is 2.20. The molecule has 5 nitrogen and oxygen atoms in total. The summed E-state index contributed by atoms with van der Waals surface area (Å²) in [7, 11) is -3.92. The second-order valence-corrected chi connectivity index (χ2v) is 6.43. The van der Waals surface area contributed by atoms with E-state index in [0.717, 1.165) is 6.07 Å². The van der Waals surface area contributed by atoms with Gasteiger partial charge in [-0.15, -0.1) is 0 Å². The summed E-state index contributed by atoms with van der Waals surface area (Å²) in [5.74, 6) is -1.42. The highest BCUT2D eigenvalue weighted by molar-refractivity contribution is 7.92. The maximum absolute atomic E-state index is 13.3. The Hall–Kier alpha value is -1.63. The third kappa shape index (κ3) is 3.44. The molecule has 0 bridgehead atoms. The van der Waals surface area contributed by atoms with Crippen molar-refractivity contribution < 1.29 is 17.6 Å². The van der Waals surface area contributed by atoms with E-state index in [9.17, 15) is 17.6 Å². The van der Waals surface area contributed by atoms with Gasteiger partial charge in [0, 0.05) is 6.54 Å². The van der Waals surface area contributed by atoms with Crippen molar-refractivity contribution in [3.63, 3.8) is 0 Å². The molecule has 7 heteroatoms. The van der Waals surface area contributed by atoms with Gasteiger partial charge in [0.05, 0.1) is 10.6 Å². The van der Waals surface area contributed by atoms with E-state index in [1.54, 1.807) is 0 Å². The van der Waals surface area contributed by atoms with Crippen LogP contribution in [0, 0.1) is 5.82 Å². The highest BCUT2D eigenvalue weighted by Gasteiger charge is 2.29. The smallest absolute Gasteiger partial charge is 0.238 e. The molecule has 0 aliphatic heterocycles. The number of halogens is 1. The monoisotopic (exact) mass is 288 g/mol. The Labute approximate surface area is 111 Å². The van der Waals surface area contributed by atoms with Gasteiger partial charge >= 0.3 is 0 Å². The predicted octanol–water partition coefficient (Wildman–Crippen LogP) is 1.10. The maximum atomic E-state index is 13.3. The zero-order chi connectivity index (χ0) is 14.6. The zero-order valence-corrected chi connectivity index (χ0v) is 11.6. The largest absolute Gasteiger partial charge is 0.396 e. The first kappa shape index (κ1) is 15.4. The maximum Gasteiger partial charge on any atom is 0.238 e. The summed E-state index contributed by atoms with van der Waals surface area (Å²) in [6.45, 7) is 3.53. The van der Waals surface area contributed by atoms with Crippen molar-refractivity contribution in [2.24, 2.45) is 0 Å². The predicted molar refractivity (Wildman–Crippen MR) is 70.8 cm³/mol. The Morgan fingerprint density at radius 3 is 2.63 bits per heavy atom. The summed E-state index contributed by atoms with van der Waals surface area (Å²) < 4.78 is 37.6. The molecule has 0 radical (unpaired) electrons. The van der Waals surface area contributed by atoms with E-state index in [4.69, 9.17) is 5.73 Å². The Balaban J connectivity index is 3.02. The molecule has 0 fully saturated rings. The van der Waals surface area contributed by atoms with Crippen molar-refractivity contribution >= 4 is 21.4 Å². The molecule has 1 aromatic carbocycles. The van der Waals surface area contributed by atoms with Crippen molar-refractivity contribution in [1.82, 2.24) is 5.32 Å². The van der Waals surface area contributed by atoms with Crippen LogP contribution in [0.4, 0.5) is 10.1 Å². The van der Waals surface area contributed by atoms with Gasteiger partial charge in [-0.25, -0.2) is 12.8 Å². The van der Waals surface area contributed by atoms with Crippen LogP contribution in [-0.2, 0) is 14.6 Å². The van der Waals surface area contributed by atoms with Gasteiger partial charge in [0.25, 0.3) is 0 Å². The number of benzene rings is 1. The normalized spacial score (nSPS) is 13.0. The van der Waals surface area contributed by atoms with Crippen molar-refractivity contribution in [2.75, 3.05) is 12.3 Å². The Morgan fingerprint density at radius 2 is 2.11 bits per heavy atom.